The number of rotatable bonds is 1. The predicted octanol–water partition coefficient (Wildman–Crippen LogP) is 2.21. The number of carbonyl (C=O) groups excluding carboxylic acids is 1. The van der Waals surface area contributed by atoms with E-state index in [1.807, 2.05) is 0 Å². The van der Waals surface area contributed by atoms with E-state index >= 15 is 0 Å². The van der Waals surface area contributed by atoms with Crippen LogP contribution in [0.1, 0.15) is 25.7 Å². The van der Waals surface area contributed by atoms with Gasteiger partial charge in [-0.2, -0.15) is 0 Å². The van der Waals surface area contributed by atoms with Gasteiger partial charge in [-0.15, -0.1) is 0 Å². The van der Waals surface area contributed by atoms with Crippen molar-refractivity contribution in [3.05, 3.63) is 0 Å². The lowest BCUT2D eigenvalue weighted by molar-refractivity contribution is -0.120. The third-order valence-corrected chi connectivity index (χ3v) is 3.44. The van der Waals surface area contributed by atoms with Crippen molar-refractivity contribution in [2.24, 2.45) is 5.73 Å². The van der Waals surface area contributed by atoms with E-state index in [0.29, 0.717) is 6.04 Å². The Morgan fingerprint density at radius 1 is 1.21 bits per heavy atom. The number of hydrogen-bond donors (Lipinski definition) is 2. The minimum Gasteiger partial charge on any atom is -0.351 e. The van der Waals surface area contributed by atoms with Crippen LogP contribution in [0.5, 0.6) is 0 Å². The number of hydrogen-bond acceptors (Lipinski definition) is 2. The van der Waals surface area contributed by atoms with Crippen LogP contribution in [-0.4, -0.2) is 20.1 Å². The molecule has 0 atom stereocenters. The summed E-state index contributed by atoms with van der Waals surface area (Å²) in [6, 6.07) is 0.569. The molecule has 1 aliphatic rings. The third kappa shape index (κ3) is 4.16. The summed E-state index contributed by atoms with van der Waals surface area (Å²) in [5, 5.41) is 2.94. The van der Waals surface area contributed by atoms with Crippen molar-refractivity contribution in [3.63, 3.8) is 0 Å². The van der Waals surface area contributed by atoms with Gasteiger partial charge in [-0.25, -0.2) is 0 Å². The average Bonchev–Trinajstić information content (AvgIpc) is 2.07. The first-order valence-electron chi connectivity index (χ1n) is 4.53. The van der Waals surface area contributed by atoms with E-state index in [-0.39, 0.29) is 11.9 Å². The molecule has 3 N–H and O–H groups in total. The van der Waals surface area contributed by atoms with Gasteiger partial charge in [-0.05, 0) is 73.5 Å². The largest absolute Gasteiger partial charge is 0.351 e. The highest BCUT2D eigenvalue weighted by Crippen LogP contribution is 2.34. The molecule has 0 aromatic carbocycles. The van der Waals surface area contributed by atoms with Crippen LogP contribution in [0.15, 0.2) is 0 Å². The quantitative estimate of drug-likeness (QED) is 0.672. The summed E-state index contributed by atoms with van der Waals surface area (Å²) in [6.07, 6.45) is 3.92. The molecular weight excluding hydrogens is 380 g/mol. The summed E-state index contributed by atoms with van der Waals surface area (Å²) in [4.78, 5) is 11.5. The zero-order valence-electron chi connectivity index (χ0n) is 7.60. The van der Waals surface area contributed by atoms with Crippen molar-refractivity contribution in [2.75, 3.05) is 0 Å². The molecule has 0 unspecified atom stereocenters. The fraction of sp³-hybridized carbons (Fsp3) is 0.875. The molecule has 14 heavy (non-hydrogen) atoms. The van der Waals surface area contributed by atoms with Crippen LogP contribution >= 0.6 is 47.8 Å². The van der Waals surface area contributed by atoms with Crippen molar-refractivity contribution >= 4 is 53.7 Å². The Kier molecular flexibility index (Phi) is 4.87. The van der Waals surface area contributed by atoms with E-state index in [4.69, 9.17) is 5.73 Å². The first kappa shape index (κ1) is 12.9. The fourth-order valence-corrected chi connectivity index (χ4v) is 1.87. The molecule has 1 aliphatic carbocycles. The minimum atomic E-state index is -0.841. The number of nitrogens with two attached hydrogens (primary N) is 1. The Hall–Kier alpha value is 0.870. The number of nitrogens with one attached hydrogen (secondary N) is 1. The second kappa shape index (κ2) is 5.27. The molecule has 1 amide bonds. The van der Waals surface area contributed by atoms with Crippen LogP contribution in [0.25, 0.3) is 0 Å². The Labute approximate surface area is 109 Å². The number of alkyl halides is 3. The van der Waals surface area contributed by atoms with Gasteiger partial charge >= 0.3 is 0 Å². The Morgan fingerprint density at radius 2 is 1.71 bits per heavy atom. The lowest BCUT2D eigenvalue weighted by atomic mass is 9.92. The fourth-order valence-electron chi connectivity index (χ4n) is 1.53. The van der Waals surface area contributed by atoms with E-state index in [0.717, 1.165) is 25.7 Å². The summed E-state index contributed by atoms with van der Waals surface area (Å²) in [6.45, 7) is 0. The molecular formula is C8H13Br3N2O. The molecule has 1 saturated carbocycles. The van der Waals surface area contributed by atoms with Crippen LogP contribution in [0.4, 0.5) is 0 Å². The molecule has 0 aliphatic heterocycles. The number of halogens is 3. The van der Waals surface area contributed by atoms with Gasteiger partial charge in [-0.3, -0.25) is 4.79 Å². The van der Waals surface area contributed by atoms with Crippen LogP contribution in [0.2, 0.25) is 0 Å². The molecule has 1 fully saturated rings. The first-order chi connectivity index (χ1) is 6.39. The van der Waals surface area contributed by atoms with Crippen molar-refractivity contribution in [1.82, 2.24) is 5.32 Å². The zero-order chi connectivity index (χ0) is 10.8. The van der Waals surface area contributed by atoms with Gasteiger partial charge in [0.25, 0.3) is 5.91 Å². The highest BCUT2D eigenvalue weighted by Gasteiger charge is 2.31. The SMILES string of the molecule is NC1CCC(NC(=O)C(Br)(Br)Br)CC1. The van der Waals surface area contributed by atoms with Crippen molar-refractivity contribution in [3.8, 4) is 0 Å². The molecule has 0 spiro atoms. The lowest BCUT2D eigenvalue weighted by Gasteiger charge is -2.28. The van der Waals surface area contributed by atoms with Crippen LogP contribution in [0, 0.1) is 0 Å². The Morgan fingerprint density at radius 3 is 2.14 bits per heavy atom. The molecule has 1 rings (SSSR count). The summed E-state index contributed by atoms with van der Waals surface area (Å²) in [5.41, 5.74) is 5.77. The van der Waals surface area contributed by atoms with Gasteiger partial charge in [0.05, 0.1) is 0 Å². The second-order valence-electron chi connectivity index (χ2n) is 3.58. The smallest absolute Gasteiger partial charge is 0.258 e. The molecule has 3 nitrogen and oxygen atoms in total. The Bertz CT molecular complexity index is 209. The van der Waals surface area contributed by atoms with E-state index in [9.17, 15) is 4.79 Å². The molecule has 0 radical (unpaired) electrons. The topological polar surface area (TPSA) is 55.1 Å². The third-order valence-electron chi connectivity index (χ3n) is 2.36. The lowest BCUT2D eigenvalue weighted by Crippen LogP contribution is -2.44. The second-order valence-corrected chi connectivity index (χ2v) is 10.3. The van der Waals surface area contributed by atoms with E-state index in [1.54, 1.807) is 0 Å². The maximum absolute atomic E-state index is 11.5. The standard InChI is InChI=1S/C8H13Br3N2O/c9-8(10,11)7(14)13-6-3-1-5(12)2-4-6/h5-6H,1-4,12H2,(H,13,14). The van der Waals surface area contributed by atoms with Crippen LogP contribution < -0.4 is 11.1 Å². The van der Waals surface area contributed by atoms with Crippen molar-refractivity contribution in [2.45, 2.75) is 39.9 Å². The van der Waals surface area contributed by atoms with Crippen LogP contribution in [-0.2, 0) is 4.79 Å². The Balaban J connectivity index is 2.35. The van der Waals surface area contributed by atoms with E-state index in [2.05, 4.69) is 53.1 Å². The van der Waals surface area contributed by atoms with Gasteiger partial charge in [-0.1, -0.05) is 0 Å². The predicted molar refractivity (Wildman–Crippen MR) is 67.9 cm³/mol. The maximum atomic E-state index is 11.5. The molecule has 6 heteroatoms. The van der Waals surface area contributed by atoms with Gasteiger partial charge in [0.2, 0.25) is 2.14 Å². The zero-order valence-corrected chi connectivity index (χ0v) is 12.4. The highest BCUT2D eigenvalue weighted by atomic mass is 80.0. The van der Waals surface area contributed by atoms with Gasteiger partial charge in [0.15, 0.2) is 0 Å². The molecule has 0 saturated heterocycles. The first-order valence-corrected chi connectivity index (χ1v) is 6.91. The average molecular weight is 393 g/mol. The number of amides is 1. The van der Waals surface area contributed by atoms with Crippen molar-refractivity contribution < 1.29 is 4.79 Å². The van der Waals surface area contributed by atoms with Crippen LogP contribution in [0.3, 0.4) is 0 Å². The summed E-state index contributed by atoms with van der Waals surface area (Å²) in [7, 11) is 0. The number of carbonyl (C=O) groups is 1. The minimum absolute atomic E-state index is 0.0991. The maximum Gasteiger partial charge on any atom is 0.258 e. The van der Waals surface area contributed by atoms with Crippen molar-refractivity contribution in [1.29, 1.82) is 0 Å². The molecule has 0 bridgehead atoms. The van der Waals surface area contributed by atoms with Gasteiger partial charge in [0, 0.05) is 12.1 Å². The van der Waals surface area contributed by atoms with E-state index in [1.165, 1.54) is 0 Å². The summed E-state index contributed by atoms with van der Waals surface area (Å²) >= 11 is 9.54. The molecule has 0 aromatic rings. The van der Waals surface area contributed by atoms with E-state index < -0.39 is 2.14 Å². The highest BCUT2D eigenvalue weighted by molar-refractivity contribution is 9.40. The molecule has 82 valence electrons. The van der Waals surface area contributed by atoms with Gasteiger partial charge < -0.3 is 11.1 Å². The molecule has 0 heterocycles. The monoisotopic (exact) mass is 390 g/mol. The summed E-state index contributed by atoms with van der Waals surface area (Å²) < 4.78 is -0.841. The molecule has 0 aromatic heterocycles. The normalized spacial score (nSPS) is 28.6. The van der Waals surface area contributed by atoms with Gasteiger partial charge in [0.1, 0.15) is 0 Å². The summed E-state index contributed by atoms with van der Waals surface area (Å²) in [5.74, 6) is -0.0991.